The number of aryl methyl sites for hydroxylation is 1. The van der Waals surface area contributed by atoms with Crippen LogP contribution in [0.25, 0.3) is 5.78 Å². The summed E-state index contributed by atoms with van der Waals surface area (Å²) in [5, 5.41) is 19.4. The molecule has 2 aromatic heterocycles. The van der Waals surface area contributed by atoms with Gasteiger partial charge in [0.1, 0.15) is 0 Å². The van der Waals surface area contributed by atoms with Gasteiger partial charge in [-0.05, 0) is 19.4 Å². The minimum atomic E-state index is -0.425. The van der Waals surface area contributed by atoms with Crippen molar-refractivity contribution in [2.24, 2.45) is 0 Å². The minimum Gasteiger partial charge on any atom is -0.290 e. The van der Waals surface area contributed by atoms with Gasteiger partial charge in [-0.2, -0.15) is 0 Å². The second-order valence-corrected chi connectivity index (χ2v) is 5.96. The number of hydrogen-bond donors (Lipinski definition) is 1. The Kier molecular flexibility index (Phi) is 3.87. The number of non-ortho nitro benzene ring substituents is 1. The molecule has 0 saturated carbocycles. The van der Waals surface area contributed by atoms with Gasteiger partial charge in [-0.1, -0.05) is 23.9 Å². The van der Waals surface area contributed by atoms with Gasteiger partial charge in [0.05, 0.1) is 4.92 Å². The van der Waals surface area contributed by atoms with Gasteiger partial charge in [0, 0.05) is 29.1 Å². The van der Waals surface area contributed by atoms with Crippen LogP contribution in [0.5, 0.6) is 0 Å². The summed E-state index contributed by atoms with van der Waals surface area (Å²) in [5.74, 6) is 1.00. The van der Waals surface area contributed by atoms with Crippen LogP contribution in [0, 0.1) is 24.0 Å². The van der Waals surface area contributed by atoms with Crippen LogP contribution in [0.1, 0.15) is 16.8 Å². The molecule has 1 aromatic carbocycles. The maximum Gasteiger partial charge on any atom is 0.269 e. The lowest BCUT2D eigenvalue weighted by Crippen LogP contribution is -2.15. The van der Waals surface area contributed by atoms with Gasteiger partial charge >= 0.3 is 0 Å². The Bertz CT molecular complexity index is 945. The van der Waals surface area contributed by atoms with Gasteiger partial charge in [-0.3, -0.25) is 24.3 Å². The van der Waals surface area contributed by atoms with Crippen molar-refractivity contribution in [2.75, 3.05) is 0 Å². The molecule has 0 radical (unpaired) electrons. The summed E-state index contributed by atoms with van der Waals surface area (Å²) < 4.78 is 1.80. The highest BCUT2D eigenvalue weighted by atomic mass is 32.2. The highest BCUT2D eigenvalue weighted by Crippen LogP contribution is 2.23. The predicted octanol–water partition coefficient (Wildman–Crippen LogP) is 2.23. The average molecular weight is 331 g/mol. The number of nitrogens with zero attached hydrogens (tertiary/aromatic N) is 4. The second kappa shape index (κ2) is 5.84. The number of hydrogen-bond acceptors (Lipinski definition) is 6. The molecule has 118 valence electrons. The molecule has 0 unspecified atom stereocenters. The molecule has 0 fully saturated rings. The SMILES string of the molecule is Cc1c(C)n2c(SCc3ccc([N+](=O)[O-])cc3)nnc2[nH]c1=O. The molecule has 0 spiro atoms. The topological polar surface area (TPSA) is 106 Å². The van der Waals surface area contributed by atoms with Crippen LogP contribution < -0.4 is 5.56 Å². The number of rotatable bonds is 4. The van der Waals surface area contributed by atoms with Crippen LogP contribution in [0.2, 0.25) is 0 Å². The first-order valence-electron chi connectivity index (χ1n) is 6.78. The van der Waals surface area contributed by atoms with E-state index in [-0.39, 0.29) is 11.2 Å². The second-order valence-electron chi connectivity index (χ2n) is 5.02. The Morgan fingerprint density at radius 1 is 1.26 bits per heavy atom. The fourth-order valence-corrected chi connectivity index (χ4v) is 3.08. The summed E-state index contributed by atoms with van der Waals surface area (Å²) in [5.41, 5.74) is 2.25. The van der Waals surface area contributed by atoms with Crippen molar-refractivity contribution in [3.63, 3.8) is 0 Å². The van der Waals surface area contributed by atoms with Gasteiger partial charge < -0.3 is 0 Å². The Morgan fingerprint density at radius 2 is 1.96 bits per heavy atom. The van der Waals surface area contributed by atoms with E-state index in [9.17, 15) is 14.9 Å². The van der Waals surface area contributed by atoms with Crippen molar-refractivity contribution in [1.82, 2.24) is 19.6 Å². The quantitative estimate of drug-likeness (QED) is 0.446. The number of aromatic nitrogens is 4. The first-order valence-corrected chi connectivity index (χ1v) is 7.76. The zero-order chi connectivity index (χ0) is 16.6. The molecule has 8 nitrogen and oxygen atoms in total. The molecule has 0 aliphatic carbocycles. The molecule has 3 rings (SSSR count). The van der Waals surface area contributed by atoms with Crippen molar-refractivity contribution in [3.05, 3.63) is 61.6 Å². The van der Waals surface area contributed by atoms with Crippen LogP contribution >= 0.6 is 11.8 Å². The van der Waals surface area contributed by atoms with Gasteiger partial charge in [-0.15, -0.1) is 10.2 Å². The first-order chi connectivity index (χ1) is 11.0. The van der Waals surface area contributed by atoms with E-state index in [0.29, 0.717) is 22.3 Å². The standard InChI is InChI=1S/C14H13N5O3S/c1-8-9(2)18-13(15-12(8)20)16-17-14(18)23-7-10-3-5-11(6-4-10)19(21)22/h3-6H,7H2,1-2H3,(H,15,16,20). The van der Waals surface area contributed by atoms with E-state index in [0.717, 1.165) is 11.3 Å². The van der Waals surface area contributed by atoms with Gasteiger partial charge in [0.2, 0.25) is 5.78 Å². The molecular weight excluding hydrogens is 318 g/mol. The molecule has 0 atom stereocenters. The number of H-pyrrole nitrogens is 1. The molecule has 0 saturated heterocycles. The summed E-state index contributed by atoms with van der Waals surface area (Å²) in [4.78, 5) is 24.6. The van der Waals surface area contributed by atoms with Crippen molar-refractivity contribution in [1.29, 1.82) is 0 Å². The number of thioether (sulfide) groups is 1. The number of fused-ring (bicyclic) bond motifs is 1. The third-order valence-electron chi connectivity index (χ3n) is 3.59. The Morgan fingerprint density at radius 3 is 2.61 bits per heavy atom. The van der Waals surface area contributed by atoms with E-state index in [2.05, 4.69) is 15.2 Å². The molecule has 3 aromatic rings. The fourth-order valence-electron chi connectivity index (χ4n) is 2.14. The number of nitro groups is 1. The third-order valence-corrected chi connectivity index (χ3v) is 4.59. The Hall–Kier alpha value is -2.68. The van der Waals surface area contributed by atoms with Crippen LogP contribution in [-0.4, -0.2) is 24.5 Å². The lowest BCUT2D eigenvalue weighted by molar-refractivity contribution is -0.384. The lowest BCUT2D eigenvalue weighted by atomic mass is 10.2. The minimum absolute atomic E-state index is 0.0655. The van der Waals surface area contributed by atoms with E-state index >= 15 is 0 Å². The molecule has 2 heterocycles. The lowest BCUT2D eigenvalue weighted by Gasteiger charge is -2.05. The third kappa shape index (κ3) is 2.82. The number of aromatic amines is 1. The molecular formula is C14H13N5O3S. The monoisotopic (exact) mass is 331 g/mol. The smallest absolute Gasteiger partial charge is 0.269 e. The van der Waals surface area contributed by atoms with Gasteiger partial charge in [0.15, 0.2) is 5.16 Å². The van der Waals surface area contributed by atoms with Crippen molar-refractivity contribution in [2.45, 2.75) is 24.8 Å². The maximum atomic E-state index is 11.7. The van der Waals surface area contributed by atoms with E-state index in [4.69, 9.17) is 0 Å². The summed E-state index contributed by atoms with van der Waals surface area (Å²) >= 11 is 1.45. The van der Waals surface area contributed by atoms with E-state index in [1.807, 2.05) is 6.92 Å². The van der Waals surface area contributed by atoms with Crippen LogP contribution in [0.3, 0.4) is 0 Å². The predicted molar refractivity (Wildman–Crippen MR) is 85.7 cm³/mol. The van der Waals surface area contributed by atoms with Crippen LogP contribution in [0.4, 0.5) is 5.69 Å². The van der Waals surface area contributed by atoms with Crippen LogP contribution in [-0.2, 0) is 5.75 Å². The van der Waals surface area contributed by atoms with Gasteiger partial charge in [0.25, 0.3) is 11.2 Å². The first kappa shape index (κ1) is 15.2. The Labute approximate surface area is 134 Å². The van der Waals surface area contributed by atoms with Crippen molar-refractivity contribution in [3.8, 4) is 0 Å². The summed E-state index contributed by atoms with van der Waals surface area (Å²) in [7, 11) is 0. The van der Waals surface area contributed by atoms with E-state index in [1.54, 1.807) is 23.5 Å². The molecule has 0 bridgehead atoms. The van der Waals surface area contributed by atoms with Crippen molar-refractivity contribution < 1.29 is 4.92 Å². The van der Waals surface area contributed by atoms with Crippen LogP contribution in [0.15, 0.2) is 34.2 Å². The maximum absolute atomic E-state index is 11.7. The number of nitro benzene ring substituents is 1. The molecule has 0 amide bonds. The van der Waals surface area contributed by atoms with E-state index in [1.165, 1.54) is 23.9 Å². The van der Waals surface area contributed by atoms with E-state index < -0.39 is 4.92 Å². The summed E-state index contributed by atoms with van der Waals surface area (Å²) in [6.07, 6.45) is 0. The Balaban J connectivity index is 1.86. The zero-order valence-corrected chi connectivity index (χ0v) is 13.3. The number of nitrogens with one attached hydrogen (secondary N) is 1. The summed E-state index contributed by atoms with van der Waals surface area (Å²) in [6.45, 7) is 3.59. The van der Waals surface area contributed by atoms with Gasteiger partial charge in [-0.25, -0.2) is 0 Å². The fraction of sp³-hybridized carbons (Fsp3) is 0.214. The largest absolute Gasteiger partial charge is 0.290 e. The summed E-state index contributed by atoms with van der Waals surface area (Å²) in [6, 6.07) is 6.39. The number of benzene rings is 1. The molecule has 0 aliphatic heterocycles. The van der Waals surface area contributed by atoms with Crippen molar-refractivity contribution >= 4 is 23.2 Å². The molecule has 9 heteroatoms. The average Bonchev–Trinajstić information content (AvgIpc) is 2.94. The highest BCUT2D eigenvalue weighted by molar-refractivity contribution is 7.98. The molecule has 23 heavy (non-hydrogen) atoms. The highest BCUT2D eigenvalue weighted by Gasteiger charge is 2.13. The normalized spacial score (nSPS) is 11.0. The molecule has 0 aliphatic rings. The zero-order valence-electron chi connectivity index (χ0n) is 12.4. The molecule has 1 N–H and O–H groups in total.